The van der Waals surface area contributed by atoms with E-state index in [1.807, 2.05) is 0 Å². The molecule has 1 heterocycles. The lowest BCUT2D eigenvalue weighted by Crippen LogP contribution is -2.52. The first-order chi connectivity index (χ1) is 9.85. The molecular weight excluding hydrogens is 294 g/mol. The fraction of sp³-hybridized carbons (Fsp3) is 0.538. The summed E-state index contributed by atoms with van der Waals surface area (Å²) in [4.78, 5) is 10.7. The zero-order chi connectivity index (χ0) is 15.6. The average molecular weight is 313 g/mol. The fourth-order valence-corrected chi connectivity index (χ4v) is 3.60. The van der Waals surface area contributed by atoms with Gasteiger partial charge in [-0.15, -0.1) is 0 Å². The second kappa shape index (κ2) is 5.98. The van der Waals surface area contributed by atoms with Crippen LogP contribution in [-0.4, -0.2) is 43.0 Å². The molecule has 1 aromatic carbocycles. The first kappa shape index (κ1) is 15.7. The van der Waals surface area contributed by atoms with E-state index in [0.29, 0.717) is 30.9 Å². The molecule has 0 saturated carbocycles. The van der Waals surface area contributed by atoms with Gasteiger partial charge in [0.05, 0.1) is 10.7 Å². The van der Waals surface area contributed by atoms with Gasteiger partial charge in [-0.1, -0.05) is 12.1 Å². The molecule has 0 radical (unpaired) electrons. The lowest BCUT2D eigenvalue weighted by atomic mass is 10.0. The molecule has 2 rings (SSSR count). The molecule has 1 fully saturated rings. The second-order valence-corrected chi connectivity index (χ2v) is 7.45. The SMILES string of the molecule is CCS(=O)(=O)N1CC(CNc2cccc(C)c2[N+](=O)[O-])C1. The molecule has 1 saturated heterocycles. The van der Waals surface area contributed by atoms with Gasteiger partial charge < -0.3 is 5.32 Å². The largest absolute Gasteiger partial charge is 0.379 e. The van der Waals surface area contributed by atoms with Crippen LogP contribution in [0.25, 0.3) is 0 Å². The second-order valence-electron chi connectivity index (χ2n) is 5.19. The summed E-state index contributed by atoms with van der Waals surface area (Å²) >= 11 is 0. The maximum atomic E-state index is 11.6. The number of rotatable bonds is 6. The number of benzene rings is 1. The molecule has 1 aliphatic heterocycles. The van der Waals surface area contributed by atoms with Crippen molar-refractivity contribution in [3.05, 3.63) is 33.9 Å². The van der Waals surface area contributed by atoms with Crippen molar-refractivity contribution >= 4 is 21.4 Å². The van der Waals surface area contributed by atoms with Crippen LogP contribution in [-0.2, 0) is 10.0 Å². The summed E-state index contributed by atoms with van der Waals surface area (Å²) in [6, 6.07) is 5.13. The van der Waals surface area contributed by atoms with E-state index in [9.17, 15) is 18.5 Å². The molecule has 0 bridgehead atoms. The zero-order valence-electron chi connectivity index (χ0n) is 12.1. The average Bonchev–Trinajstić information content (AvgIpc) is 2.36. The van der Waals surface area contributed by atoms with E-state index in [4.69, 9.17) is 0 Å². The molecular formula is C13H19N3O4S. The topological polar surface area (TPSA) is 92.6 Å². The van der Waals surface area contributed by atoms with Crippen molar-refractivity contribution in [2.24, 2.45) is 5.92 Å². The Morgan fingerprint density at radius 3 is 2.67 bits per heavy atom. The molecule has 0 unspecified atom stereocenters. The summed E-state index contributed by atoms with van der Waals surface area (Å²) in [6.45, 7) is 4.80. The summed E-state index contributed by atoms with van der Waals surface area (Å²) in [7, 11) is -3.11. The lowest BCUT2D eigenvalue weighted by Gasteiger charge is -2.38. The van der Waals surface area contributed by atoms with Gasteiger partial charge in [-0.25, -0.2) is 12.7 Å². The van der Waals surface area contributed by atoms with E-state index in [0.717, 1.165) is 0 Å². The van der Waals surface area contributed by atoms with E-state index in [1.54, 1.807) is 32.0 Å². The van der Waals surface area contributed by atoms with Crippen LogP contribution in [0.1, 0.15) is 12.5 Å². The summed E-state index contributed by atoms with van der Waals surface area (Å²) in [5.74, 6) is 0.294. The maximum Gasteiger partial charge on any atom is 0.295 e. The zero-order valence-corrected chi connectivity index (χ0v) is 12.9. The van der Waals surface area contributed by atoms with Crippen LogP contribution in [0.2, 0.25) is 0 Å². The first-order valence-electron chi connectivity index (χ1n) is 6.81. The molecule has 7 nitrogen and oxygen atoms in total. The van der Waals surface area contributed by atoms with Crippen molar-refractivity contribution in [1.82, 2.24) is 4.31 Å². The predicted octanol–water partition coefficient (Wildman–Crippen LogP) is 1.60. The molecule has 1 aliphatic rings. The van der Waals surface area contributed by atoms with Crippen molar-refractivity contribution in [3.63, 3.8) is 0 Å². The third-order valence-electron chi connectivity index (χ3n) is 3.68. The summed E-state index contributed by atoms with van der Waals surface area (Å²) in [6.07, 6.45) is 0. The number of sulfonamides is 1. The van der Waals surface area contributed by atoms with Crippen LogP contribution < -0.4 is 5.32 Å². The van der Waals surface area contributed by atoms with E-state index >= 15 is 0 Å². The molecule has 0 aromatic heterocycles. The molecule has 0 aliphatic carbocycles. The van der Waals surface area contributed by atoms with Crippen molar-refractivity contribution in [1.29, 1.82) is 0 Å². The molecule has 1 N–H and O–H groups in total. The molecule has 1 aromatic rings. The lowest BCUT2D eigenvalue weighted by molar-refractivity contribution is -0.384. The number of para-hydroxylation sites is 1. The highest BCUT2D eigenvalue weighted by atomic mass is 32.2. The number of anilines is 1. The van der Waals surface area contributed by atoms with Gasteiger partial charge in [-0.05, 0) is 19.9 Å². The Hall–Kier alpha value is -1.67. The Balaban J connectivity index is 1.95. The molecule has 8 heteroatoms. The van der Waals surface area contributed by atoms with Crippen LogP contribution in [0, 0.1) is 23.0 Å². The van der Waals surface area contributed by atoms with Gasteiger partial charge in [-0.2, -0.15) is 0 Å². The Bertz CT molecular complexity index is 639. The van der Waals surface area contributed by atoms with Crippen molar-refractivity contribution < 1.29 is 13.3 Å². The van der Waals surface area contributed by atoms with Crippen LogP contribution in [0.3, 0.4) is 0 Å². The number of hydrogen-bond donors (Lipinski definition) is 1. The van der Waals surface area contributed by atoms with Crippen molar-refractivity contribution in [2.75, 3.05) is 30.7 Å². The van der Waals surface area contributed by atoms with Gasteiger partial charge in [0.25, 0.3) is 5.69 Å². The van der Waals surface area contributed by atoms with E-state index in [2.05, 4.69) is 5.32 Å². The Labute approximate surface area is 124 Å². The number of nitro groups is 1. The third kappa shape index (κ3) is 3.33. The highest BCUT2D eigenvalue weighted by Crippen LogP contribution is 2.29. The minimum atomic E-state index is -3.11. The van der Waals surface area contributed by atoms with E-state index < -0.39 is 14.9 Å². The van der Waals surface area contributed by atoms with Crippen molar-refractivity contribution in [3.8, 4) is 0 Å². The molecule has 0 spiro atoms. The minimum absolute atomic E-state index is 0.0786. The van der Waals surface area contributed by atoms with Crippen molar-refractivity contribution in [2.45, 2.75) is 13.8 Å². The van der Waals surface area contributed by atoms with Gasteiger partial charge in [0.2, 0.25) is 10.0 Å². The summed E-state index contributed by atoms with van der Waals surface area (Å²) in [5, 5.41) is 14.1. The Kier molecular flexibility index (Phi) is 4.48. The van der Waals surface area contributed by atoms with Gasteiger partial charge in [0, 0.05) is 31.1 Å². The van der Waals surface area contributed by atoms with Crippen LogP contribution in [0.5, 0.6) is 0 Å². The first-order valence-corrected chi connectivity index (χ1v) is 8.41. The van der Waals surface area contributed by atoms with E-state index in [1.165, 1.54) is 4.31 Å². The quantitative estimate of drug-likeness (QED) is 0.636. The maximum absolute atomic E-state index is 11.6. The number of nitro benzene ring substituents is 1. The minimum Gasteiger partial charge on any atom is -0.379 e. The van der Waals surface area contributed by atoms with Crippen LogP contribution in [0.4, 0.5) is 11.4 Å². The number of nitrogens with one attached hydrogen (secondary N) is 1. The normalized spacial score (nSPS) is 16.5. The number of aryl methyl sites for hydroxylation is 1. The Morgan fingerprint density at radius 2 is 2.10 bits per heavy atom. The van der Waals surface area contributed by atoms with Gasteiger partial charge >= 0.3 is 0 Å². The summed E-state index contributed by atoms with van der Waals surface area (Å²) in [5.41, 5.74) is 1.17. The van der Waals surface area contributed by atoms with Gasteiger partial charge in [0.15, 0.2) is 0 Å². The van der Waals surface area contributed by atoms with Crippen LogP contribution in [0.15, 0.2) is 18.2 Å². The molecule has 116 valence electrons. The molecule has 21 heavy (non-hydrogen) atoms. The number of nitrogens with zero attached hydrogens (tertiary/aromatic N) is 2. The third-order valence-corrected chi connectivity index (χ3v) is 5.50. The van der Waals surface area contributed by atoms with Gasteiger partial charge in [0.1, 0.15) is 5.69 Å². The smallest absolute Gasteiger partial charge is 0.295 e. The standard InChI is InChI=1S/C13H19N3O4S/c1-3-21(19,20)15-8-11(9-15)7-14-12-6-4-5-10(2)13(12)16(17)18/h4-6,11,14H,3,7-9H2,1-2H3. The molecule has 0 amide bonds. The Morgan fingerprint density at radius 1 is 1.43 bits per heavy atom. The van der Waals surface area contributed by atoms with Crippen LogP contribution >= 0.6 is 0 Å². The number of hydrogen-bond acceptors (Lipinski definition) is 5. The van der Waals surface area contributed by atoms with Gasteiger partial charge in [-0.3, -0.25) is 10.1 Å². The summed E-state index contributed by atoms with van der Waals surface area (Å²) < 4.78 is 24.7. The monoisotopic (exact) mass is 313 g/mol. The van der Waals surface area contributed by atoms with E-state index in [-0.39, 0.29) is 17.4 Å². The highest BCUT2D eigenvalue weighted by Gasteiger charge is 2.34. The predicted molar refractivity (Wildman–Crippen MR) is 80.8 cm³/mol. The fourth-order valence-electron chi connectivity index (χ4n) is 2.36. The highest BCUT2D eigenvalue weighted by molar-refractivity contribution is 7.89. The molecule has 0 atom stereocenters.